The molecule has 0 saturated heterocycles. The third-order valence-electron chi connectivity index (χ3n) is 21.0. The van der Waals surface area contributed by atoms with Gasteiger partial charge in [-0.05, 0) is 43.4 Å². The Morgan fingerprint density at radius 2 is 0.477 bits per heavy atom. The first-order chi connectivity index (χ1) is 51.8. The largest absolute Gasteiger partial charge is 0.472 e. The average Bonchev–Trinajstić information content (AvgIpc) is 0.908. The van der Waals surface area contributed by atoms with Crippen molar-refractivity contribution in [2.24, 2.45) is 17.8 Å². The lowest BCUT2D eigenvalue weighted by Crippen LogP contribution is -2.30. The summed E-state index contributed by atoms with van der Waals surface area (Å²) < 4.78 is 68.9. The fraction of sp³-hybridized carbons (Fsp3) is 0.955. The molecule has 0 rings (SSSR count). The number of phosphoric acid groups is 2. The molecule has 17 nitrogen and oxygen atoms in total. The lowest BCUT2D eigenvalue weighted by Gasteiger charge is -2.21. The highest BCUT2D eigenvalue weighted by Crippen LogP contribution is 2.45. The summed E-state index contributed by atoms with van der Waals surface area (Å²) in [5.41, 5.74) is 0. The van der Waals surface area contributed by atoms with Crippen molar-refractivity contribution < 1.29 is 80.2 Å². The Bertz CT molecular complexity index is 2060. The fourth-order valence-corrected chi connectivity index (χ4v) is 15.3. The normalized spacial score (nSPS) is 14.1. The minimum absolute atomic E-state index is 0.106. The second-order valence-corrected chi connectivity index (χ2v) is 35.7. The summed E-state index contributed by atoms with van der Waals surface area (Å²) in [6.07, 6.45) is 69.6. The van der Waals surface area contributed by atoms with Crippen LogP contribution in [0.3, 0.4) is 0 Å². The zero-order valence-electron chi connectivity index (χ0n) is 70.6. The third-order valence-corrected chi connectivity index (χ3v) is 22.9. The Morgan fingerprint density at radius 3 is 0.710 bits per heavy atom. The summed E-state index contributed by atoms with van der Waals surface area (Å²) in [6.45, 7) is 12.0. The highest BCUT2D eigenvalue weighted by Gasteiger charge is 2.31. The maximum absolute atomic E-state index is 13.2. The van der Waals surface area contributed by atoms with Crippen LogP contribution in [0.25, 0.3) is 0 Å². The Labute approximate surface area is 658 Å². The van der Waals surface area contributed by atoms with Gasteiger partial charge in [0, 0.05) is 25.7 Å². The van der Waals surface area contributed by atoms with E-state index in [9.17, 15) is 43.2 Å². The number of esters is 4. The molecule has 0 aromatic heterocycles. The summed E-state index contributed by atoms with van der Waals surface area (Å²) in [5, 5.41) is 10.7. The van der Waals surface area contributed by atoms with E-state index in [0.29, 0.717) is 25.7 Å². The van der Waals surface area contributed by atoms with E-state index in [4.69, 9.17) is 37.0 Å². The number of aliphatic hydroxyl groups excluding tert-OH is 1. The van der Waals surface area contributed by atoms with Gasteiger partial charge in [-0.3, -0.25) is 37.3 Å². The molecule has 107 heavy (non-hydrogen) atoms. The van der Waals surface area contributed by atoms with Gasteiger partial charge in [0.15, 0.2) is 12.2 Å². The molecule has 636 valence electrons. The van der Waals surface area contributed by atoms with Gasteiger partial charge >= 0.3 is 39.5 Å². The van der Waals surface area contributed by atoms with Crippen LogP contribution < -0.4 is 0 Å². The van der Waals surface area contributed by atoms with Crippen molar-refractivity contribution in [3.8, 4) is 0 Å². The third kappa shape index (κ3) is 80.5. The van der Waals surface area contributed by atoms with Crippen molar-refractivity contribution >= 4 is 39.5 Å². The van der Waals surface area contributed by atoms with Crippen LogP contribution in [0.4, 0.5) is 0 Å². The molecule has 0 aromatic carbocycles. The van der Waals surface area contributed by atoms with E-state index in [1.807, 2.05) is 0 Å². The molecule has 0 spiro atoms. The second kappa shape index (κ2) is 78.0. The number of carbonyl (C=O) groups excluding carboxylic acids is 4. The van der Waals surface area contributed by atoms with Gasteiger partial charge in [-0.2, -0.15) is 0 Å². The maximum atomic E-state index is 13.2. The summed E-state index contributed by atoms with van der Waals surface area (Å²) in [4.78, 5) is 73.3. The van der Waals surface area contributed by atoms with Gasteiger partial charge in [-0.1, -0.05) is 414 Å². The minimum Gasteiger partial charge on any atom is -0.462 e. The molecule has 19 heteroatoms. The van der Waals surface area contributed by atoms with Crippen molar-refractivity contribution in [1.29, 1.82) is 0 Å². The molecule has 0 aliphatic rings. The molecular weight excluding hydrogens is 1390 g/mol. The van der Waals surface area contributed by atoms with Crippen LogP contribution >= 0.6 is 15.6 Å². The quantitative estimate of drug-likeness (QED) is 0.0222. The molecule has 0 saturated carbocycles. The van der Waals surface area contributed by atoms with E-state index < -0.39 is 97.5 Å². The zero-order chi connectivity index (χ0) is 78.6. The predicted molar refractivity (Wildman–Crippen MR) is 441 cm³/mol. The highest BCUT2D eigenvalue weighted by molar-refractivity contribution is 7.47. The van der Waals surface area contributed by atoms with Crippen molar-refractivity contribution in [2.45, 2.75) is 484 Å². The Morgan fingerprint density at radius 1 is 0.271 bits per heavy atom. The van der Waals surface area contributed by atoms with E-state index in [-0.39, 0.29) is 25.7 Å². The number of carbonyl (C=O) groups is 4. The van der Waals surface area contributed by atoms with E-state index in [1.54, 1.807) is 0 Å². The Kier molecular flexibility index (Phi) is 76.6. The van der Waals surface area contributed by atoms with Crippen molar-refractivity contribution in [2.75, 3.05) is 39.6 Å². The van der Waals surface area contributed by atoms with E-state index in [1.165, 1.54) is 276 Å². The first-order valence-electron chi connectivity index (χ1n) is 45.4. The first kappa shape index (κ1) is 105. The summed E-state index contributed by atoms with van der Waals surface area (Å²) >= 11 is 0. The SMILES string of the molecule is CCCCCCCCCCCCCCCCCCCCCCCC(=O)OC[C@H](COP(=O)(O)OC[C@@H](O)COP(=O)(O)OC[C@@H](COC(=O)CCCCCCCCCCC(C)C)OC(=O)CCCCCCCCCCCCC(C)CC)OC(=O)CCCCCCCCCCCCCCCCCCCCC(C)C. The summed E-state index contributed by atoms with van der Waals surface area (Å²) in [6, 6.07) is 0. The maximum Gasteiger partial charge on any atom is 0.472 e. The number of hydrogen-bond donors (Lipinski definition) is 3. The smallest absolute Gasteiger partial charge is 0.462 e. The van der Waals surface area contributed by atoms with Gasteiger partial charge in [0.25, 0.3) is 0 Å². The van der Waals surface area contributed by atoms with Crippen LogP contribution in [0.1, 0.15) is 466 Å². The topological polar surface area (TPSA) is 237 Å². The molecular formula is C88H172O17P2. The van der Waals surface area contributed by atoms with Crippen LogP contribution in [-0.4, -0.2) is 96.7 Å². The second-order valence-electron chi connectivity index (χ2n) is 32.8. The van der Waals surface area contributed by atoms with E-state index in [2.05, 4.69) is 48.5 Å². The number of rotatable bonds is 86. The summed E-state index contributed by atoms with van der Waals surface area (Å²) in [7, 11) is -9.93. The molecule has 0 radical (unpaired) electrons. The minimum atomic E-state index is -4.97. The standard InChI is InChI=1S/C88H172O17P2/c1-8-10-11-12-13-14-15-16-17-18-19-20-21-25-28-31-34-40-48-55-62-69-85(90)98-75-83(104-87(92)71-64-57-50-41-35-32-29-26-23-22-24-27-30-33-38-45-52-59-66-79(3)4)77-102-106(94,95)100-73-82(89)74-101-107(96,97)103-78-84(76-99-86(91)70-63-56-49-44-43-46-53-60-67-80(5)6)105-88(93)72-65-58-51-42-37-36-39-47-54-61-68-81(7)9-2/h79-84,89H,8-78H2,1-7H3,(H,94,95)(H,96,97)/t81?,82-,83-,84-/m1/s1. The fourth-order valence-electron chi connectivity index (χ4n) is 13.7. The van der Waals surface area contributed by atoms with E-state index in [0.717, 1.165) is 108 Å². The first-order valence-corrected chi connectivity index (χ1v) is 48.4. The molecule has 0 aromatic rings. The van der Waals surface area contributed by atoms with Gasteiger partial charge in [0.05, 0.1) is 26.4 Å². The Balaban J connectivity index is 5.23. The van der Waals surface area contributed by atoms with Gasteiger partial charge < -0.3 is 33.8 Å². The lowest BCUT2D eigenvalue weighted by atomic mass is 9.99. The highest BCUT2D eigenvalue weighted by atomic mass is 31.2. The molecule has 6 atom stereocenters. The molecule has 0 heterocycles. The van der Waals surface area contributed by atoms with Gasteiger partial charge in [-0.15, -0.1) is 0 Å². The average molecular weight is 1560 g/mol. The van der Waals surface area contributed by atoms with Crippen molar-refractivity contribution in [1.82, 2.24) is 0 Å². The number of ether oxygens (including phenoxy) is 4. The van der Waals surface area contributed by atoms with Crippen LogP contribution in [0.5, 0.6) is 0 Å². The molecule has 0 aliphatic heterocycles. The molecule has 3 N–H and O–H groups in total. The monoisotopic (exact) mass is 1560 g/mol. The van der Waals surface area contributed by atoms with Gasteiger partial charge in [0.1, 0.15) is 19.3 Å². The summed E-state index contributed by atoms with van der Waals surface area (Å²) in [5.74, 6) is 0.245. The molecule has 3 unspecified atom stereocenters. The molecule has 0 amide bonds. The molecule has 0 bridgehead atoms. The number of unbranched alkanes of at least 4 members (excludes halogenated alkanes) is 53. The number of aliphatic hydroxyl groups is 1. The molecule has 0 aliphatic carbocycles. The predicted octanol–water partition coefficient (Wildman–Crippen LogP) is 26.9. The van der Waals surface area contributed by atoms with Gasteiger partial charge in [0.2, 0.25) is 0 Å². The van der Waals surface area contributed by atoms with Crippen LogP contribution in [0, 0.1) is 17.8 Å². The van der Waals surface area contributed by atoms with Gasteiger partial charge in [-0.25, -0.2) is 9.13 Å². The van der Waals surface area contributed by atoms with Crippen LogP contribution in [0.15, 0.2) is 0 Å². The Hall–Kier alpha value is -1.94. The van der Waals surface area contributed by atoms with Crippen LogP contribution in [0.2, 0.25) is 0 Å². The van der Waals surface area contributed by atoms with Crippen molar-refractivity contribution in [3.63, 3.8) is 0 Å². The van der Waals surface area contributed by atoms with E-state index >= 15 is 0 Å². The lowest BCUT2D eigenvalue weighted by molar-refractivity contribution is -0.161. The van der Waals surface area contributed by atoms with Crippen LogP contribution in [-0.2, 0) is 65.4 Å². The molecule has 0 fully saturated rings. The van der Waals surface area contributed by atoms with Crippen molar-refractivity contribution in [3.05, 3.63) is 0 Å². The zero-order valence-corrected chi connectivity index (χ0v) is 72.4. The number of phosphoric ester groups is 2. The number of hydrogen-bond acceptors (Lipinski definition) is 15.